The van der Waals surface area contributed by atoms with Gasteiger partial charge in [-0.2, -0.15) is 11.1 Å². The van der Waals surface area contributed by atoms with Crippen molar-refractivity contribution in [3.63, 3.8) is 0 Å². The Morgan fingerprint density at radius 3 is 2.60 bits per heavy atom. The molecule has 3 heteroatoms. The molecule has 0 fully saturated rings. The largest absolute Gasteiger partial charge is 0.322 e. The first kappa shape index (κ1) is 5.47. The third-order valence-electron chi connectivity index (χ3n) is 0.344. The van der Waals surface area contributed by atoms with E-state index in [1.807, 2.05) is 7.05 Å². The summed E-state index contributed by atoms with van der Waals surface area (Å²) >= 11 is 5.38. The van der Waals surface area contributed by atoms with Gasteiger partial charge >= 0.3 is 0 Å². The monoisotopic (exact) mass is 109 g/mol. The lowest BCUT2D eigenvalue weighted by atomic mass is 11.3. The van der Waals surface area contributed by atoms with Crippen LogP contribution in [0.25, 0.3) is 0 Å². The van der Waals surface area contributed by atoms with Crippen molar-refractivity contribution in [3.05, 3.63) is 0 Å². The Morgan fingerprint density at radius 1 is 2.00 bits per heavy atom. The highest BCUT2D eigenvalue weighted by molar-refractivity contribution is 6.93. The summed E-state index contributed by atoms with van der Waals surface area (Å²) in [5.41, 5.74) is 0. The first-order valence-corrected chi connectivity index (χ1v) is 4.76. The molecular weight excluding hydrogens is 102 g/mol. The van der Waals surface area contributed by atoms with Gasteiger partial charge in [-0.25, -0.2) is 0 Å². The van der Waals surface area contributed by atoms with Gasteiger partial charge in [-0.05, 0) is 13.2 Å². The molecule has 1 N–H and O–H groups in total. The summed E-state index contributed by atoms with van der Waals surface area (Å²) in [5, 5.41) is 2.95. The Balaban J connectivity index is 2.19. The second-order valence-corrected chi connectivity index (χ2v) is 2.80. The molecule has 0 aliphatic carbocycles. The lowest BCUT2D eigenvalue weighted by molar-refractivity contribution is 0.972. The highest BCUT2D eigenvalue weighted by atomic mass is 35.6. The van der Waals surface area contributed by atoms with Crippen LogP contribution in [0.1, 0.15) is 0 Å². The van der Waals surface area contributed by atoms with Gasteiger partial charge in [0.1, 0.15) is 8.83 Å². The van der Waals surface area contributed by atoms with E-state index >= 15 is 0 Å². The molecule has 0 saturated heterocycles. The zero-order valence-electron chi connectivity index (χ0n) is 3.29. The average Bonchev–Trinajstić information content (AvgIpc) is 1.41. The third kappa shape index (κ3) is 4.47. The van der Waals surface area contributed by atoms with Crippen LogP contribution in [0.15, 0.2) is 0 Å². The molecule has 0 rings (SSSR count). The number of halogens is 1. The van der Waals surface area contributed by atoms with Gasteiger partial charge in [-0.1, -0.05) is 0 Å². The molecule has 32 valence electrons. The van der Waals surface area contributed by atoms with E-state index in [2.05, 4.69) is 5.32 Å². The minimum Gasteiger partial charge on any atom is -0.322 e. The molecule has 0 spiro atoms. The van der Waals surface area contributed by atoms with Crippen LogP contribution in [0.5, 0.6) is 0 Å². The maximum absolute atomic E-state index is 5.38. The quantitative estimate of drug-likeness (QED) is 0.372. The molecule has 0 aliphatic heterocycles. The SMILES string of the molecule is CNC[SiH2]Cl. The Labute approximate surface area is 39.2 Å². The summed E-state index contributed by atoms with van der Waals surface area (Å²) in [4.78, 5) is 0. The molecule has 0 aromatic carbocycles. The van der Waals surface area contributed by atoms with Gasteiger partial charge in [0.2, 0.25) is 0 Å². The number of hydrogen-bond acceptors (Lipinski definition) is 1. The summed E-state index contributed by atoms with van der Waals surface area (Å²) < 4.78 is 0. The molecule has 0 heterocycles. The van der Waals surface area contributed by atoms with Crippen LogP contribution in [0, 0.1) is 0 Å². The molecule has 0 atom stereocenters. The standard InChI is InChI=1S/C2H8ClNSi/c1-4-2-5-3/h4H,2,5H2,1H3. The van der Waals surface area contributed by atoms with Crippen molar-refractivity contribution < 1.29 is 0 Å². The summed E-state index contributed by atoms with van der Waals surface area (Å²) in [7, 11) is 1.69. The van der Waals surface area contributed by atoms with Crippen LogP contribution in [0.3, 0.4) is 0 Å². The fourth-order valence-electron chi connectivity index (χ4n) is 0.0945. The molecule has 0 aromatic rings. The Morgan fingerprint density at radius 2 is 2.60 bits per heavy atom. The molecule has 1 nitrogen and oxygen atoms in total. The second kappa shape index (κ2) is 4.47. The van der Waals surface area contributed by atoms with Crippen molar-refractivity contribution >= 4 is 19.9 Å². The van der Waals surface area contributed by atoms with Gasteiger partial charge in [-0.3, -0.25) is 0 Å². The van der Waals surface area contributed by atoms with E-state index in [0.717, 1.165) is 6.17 Å². The fraction of sp³-hybridized carbons (Fsp3) is 1.00. The normalized spacial score (nSPS) is 10.8. The first-order chi connectivity index (χ1) is 2.41. The second-order valence-electron chi connectivity index (χ2n) is 0.793. The zero-order valence-corrected chi connectivity index (χ0v) is 5.46. The van der Waals surface area contributed by atoms with Crippen LogP contribution in [-0.4, -0.2) is 22.0 Å². The lowest BCUT2D eigenvalue weighted by Gasteiger charge is -1.81. The van der Waals surface area contributed by atoms with Crippen LogP contribution >= 0.6 is 11.1 Å². The number of rotatable bonds is 2. The van der Waals surface area contributed by atoms with Gasteiger partial charge in [0.25, 0.3) is 0 Å². The molecular formula is C2H8ClNSi. The van der Waals surface area contributed by atoms with Crippen LogP contribution in [-0.2, 0) is 0 Å². The minimum absolute atomic E-state index is 0.225. The smallest absolute Gasteiger partial charge is 0.138 e. The van der Waals surface area contributed by atoms with Crippen molar-refractivity contribution in [1.29, 1.82) is 0 Å². The van der Waals surface area contributed by atoms with Crippen LogP contribution in [0.4, 0.5) is 0 Å². The summed E-state index contributed by atoms with van der Waals surface area (Å²) in [6.45, 7) is 0. The lowest BCUT2D eigenvalue weighted by Crippen LogP contribution is -2.10. The van der Waals surface area contributed by atoms with Crippen molar-refractivity contribution in [1.82, 2.24) is 5.32 Å². The first-order valence-electron chi connectivity index (χ1n) is 1.62. The van der Waals surface area contributed by atoms with Crippen LogP contribution in [0.2, 0.25) is 0 Å². The Bertz CT molecular complexity index is 17.1. The third-order valence-corrected chi connectivity index (χ3v) is 1.60. The topological polar surface area (TPSA) is 12.0 Å². The molecule has 0 saturated carbocycles. The van der Waals surface area contributed by atoms with E-state index in [-0.39, 0.29) is 8.83 Å². The van der Waals surface area contributed by atoms with Crippen molar-refractivity contribution in [2.75, 3.05) is 13.2 Å². The molecule has 0 bridgehead atoms. The van der Waals surface area contributed by atoms with E-state index < -0.39 is 0 Å². The minimum atomic E-state index is -0.225. The summed E-state index contributed by atoms with van der Waals surface area (Å²) in [5.74, 6) is 0. The van der Waals surface area contributed by atoms with Gasteiger partial charge in [0, 0.05) is 0 Å². The van der Waals surface area contributed by atoms with Crippen molar-refractivity contribution in [2.24, 2.45) is 0 Å². The molecule has 0 aliphatic rings. The van der Waals surface area contributed by atoms with Gasteiger partial charge in [0.05, 0.1) is 0 Å². The van der Waals surface area contributed by atoms with Gasteiger partial charge in [0.15, 0.2) is 0 Å². The zero-order chi connectivity index (χ0) is 4.12. The van der Waals surface area contributed by atoms with Crippen molar-refractivity contribution in [2.45, 2.75) is 0 Å². The van der Waals surface area contributed by atoms with E-state index in [1.165, 1.54) is 0 Å². The predicted molar refractivity (Wildman–Crippen MR) is 28.3 cm³/mol. The van der Waals surface area contributed by atoms with E-state index in [0.29, 0.717) is 0 Å². The van der Waals surface area contributed by atoms with Crippen molar-refractivity contribution in [3.8, 4) is 0 Å². The Kier molecular flexibility index (Phi) is 4.88. The molecule has 0 unspecified atom stereocenters. The average molecular weight is 110 g/mol. The highest BCUT2D eigenvalue weighted by Gasteiger charge is 1.69. The van der Waals surface area contributed by atoms with E-state index in [1.54, 1.807) is 0 Å². The van der Waals surface area contributed by atoms with Crippen LogP contribution < -0.4 is 5.32 Å². The number of nitrogens with one attached hydrogen (secondary N) is 1. The number of hydrogen-bond donors (Lipinski definition) is 1. The van der Waals surface area contributed by atoms with E-state index in [4.69, 9.17) is 11.1 Å². The summed E-state index contributed by atoms with van der Waals surface area (Å²) in [6.07, 6.45) is 1.04. The van der Waals surface area contributed by atoms with Gasteiger partial charge in [-0.15, -0.1) is 0 Å². The maximum Gasteiger partial charge on any atom is 0.138 e. The van der Waals surface area contributed by atoms with Gasteiger partial charge < -0.3 is 5.32 Å². The Hall–Kier alpha value is 0.467. The summed E-state index contributed by atoms with van der Waals surface area (Å²) in [6, 6.07) is 0. The molecule has 5 heavy (non-hydrogen) atoms. The fourth-order valence-corrected chi connectivity index (χ4v) is 0.850. The molecule has 0 radical (unpaired) electrons. The molecule has 0 aromatic heterocycles. The maximum atomic E-state index is 5.38. The predicted octanol–water partition coefficient (Wildman–Crippen LogP) is -0.514. The highest BCUT2D eigenvalue weighted by Crippen LogP contribution is 1.58. The molecule has 0 amide bonds. The van der Waals surface area contributed by atoms with E-state index in [9.17, 15) is 0 Å².